The van der Waals surface area contributed by atoms with Crippen molar-refractivity contribution in [3.8, 4) is 0 Å². The Bertz CT molecular complexity index is 677. The number of hydrogen-bond acceptors (Lipinski definition) is 3. The molecular weight excluding hydrogens is 269 g/mol. The van der Waals surface area contributed by atoms with Gasteiger partial charge >= 0.3 is 0 Å². The first-order chi connectivity index (χ1) is 9.77. The minimum atomic E-state index is -0.482. The van der Waals surface area contributed by atoms with E-state index in [2.05, 4.69) is 10.3 Å². The molecule has 5 heteroatoms. The molecule has 2 aromatic rings. The van der Waals surface area contributed by atoms with Gasteiger partial charge in [0.1, 0.15) is 11.6 Å². The van der Waals surface area contributed by atoms with Crippen molar-refractivity contribution in [3.63, 3.8) is 0 Å². The van der Waals surface area contributed by atoms with Crippen LogP contribution >= 0.6 is 0 Å². The van der Waals surface area contributed by atoms with Crippen molar-refractivity contribution in [1.82, 2.24) is 4.98 Å². The zero-order valence-corrected chi connectivity index (χ0v) is 12.3. The van der Waals surface area contributed by atoms with Crippen LogP contribution in [0.1, 0.15) is 36.8 Å². The predicted molar refractivity (Wildman–Crippen MR) is 81.7 cm³/mol. The summed E-state index contributed by atoms with van der Waals surface area (Å²) in [5.74, 6) is -0.635. The summed E-state index contributed by atoms with van der Waals surface area (Å²) in [5, 5.41) is 2.54. The van der Waals surface area contributed by atoms with Crippen molar-refractivity contribution >= 4 is 17.4 Å². The second-order valence-electron chi connectivity index (χ2n) is 5.85. The molecule has 110 valence electrons. The first kappa shape index (κ1) is 15.0. The molecule has 0 radical (unpaired) electrons. The molecule has 21 heavy (non-hydrogen) atoms. The number of nitrogens with zero attached hydrogens (tertiary/aromatic N) is 1. The highest BCUT2D eigenvalue weighted by molar-refractivity contribution is 6.04. The third-order valence-corrected chi connectivity index (χ3v) is 3.00. The van der Waals surface area contributed by atoms with Gasteiger partial charge in [0.05, 0.1) is 5.69 Å². The minimum absolute atomic E-state index is 0.134. The van der Waals surface area contributed by atoms with E-state index in [0.717, 1.165) is 0 Å². The molecule has 1 heterocycles. The van der Waals surface area contributed by atoms with Gasteiger partial charge < -0.3 is 11.1 Å². The lowest BCUT2D eigenvalue weighted by atomic mass is 9.90. The van der Waals surface area contributed by atoms with Crippen LogP contribution in [0.5, 0.6) is 0 Å². The van der Waals surface area contributed by atoms with Crippen LogP contribution in [-0.2, 0) is 5.41 Å². The van der Waals surface area contributed by atoms with E-state index in [4.69, 9.17) is 5.73 Å². The maximum atomic E-state index is 13.6. The maximum Gasteiger partial charge on any atom is 0.255 e. The van der Waals surface area contributed by atoms with E-state index in [-0.39, 0.29) is 16.9 Å². The first-order valence-electron chi connectivity index (χ1n) is 6.61. The summed E-state index contributed by atoms with van der Waals surface area (Å²) in [6.07, 6.45) is 0. The molecule has 0 fully saturated rings. The van der Waals surface area contributed by atoms with Crippen LogP contribution in [-0.4, -0.2) is 10.9 Å². The van der Waals surface area contributed by atoms with Gasteiger partial charge in [0.2, 0.25) is 0 Å². The molecule has 0 bridgehead atoms. The Morgan fingerprint density at radius 1 is 1.24 bits per heavy atom. The van der Waals surface area contributed by atoms with Gasteiger partial charge in [-0.15, -0.1) is 0 Å². The van der Waals surface area contributed by atoms with Crippen molar-refractivity contribution in [1.29, 1.82) is 0 Å². The number of halogens is 1. The lowest BCUT2D eigenvalue weighted by Gasteiger charge is -2.19. The van der Waals surface area contributed by atoms with Crippen molar-refractivity contribution in [2.45, 2.75) is 26.2 Å². The van der Waals surface area contributed by atoms with Crippen molar-refractivity contribution in [2.75, 3.05) is 11.1 Å². The molecule has 0 saturated heterocycles. The van der Waals surface area contributed by atoms with Gasteiger partial charge in [-0.2, -0.15) is 0 Å². The SMILES string of the molecule is CC(C)(C)c1cc(C(=O)Nc2ccccc2F)cc(N)n1. The zero-order chi connectivity index (χ0) is 15.6. The summed E-state index contributed by atoms with van der Waals surface area (Å²) in [7, 11) is 0. The molecule has 0 aliphatic carbocycles. The second kappa shape index (κ2) is 5.52. The number of rotatable bonds is 2. The number of benzene rings is 1. The lowest BCUT2D eigenvalue weighted by Crippen LogP contribution is -2.18. The average molecular weight is 287 g/mol. The van der Waals surface area contributed by atoms with Crippen LogP contribution in [0, 0.1) is 5.82 Å². The highest BCUT2D eigenvalue weighted by Gasteiger charge is 2.19. The van der Waals surface area contributed by atoms with E-state index >= 15 is 0 Å². The Hall–Kier alpha value is -2.43. The molecule has 0 unspecified atom stereocenters. The number of amides is 1. The summed E-state index contributed by atoms with van der Waals surface area (Å²) in [5.41, 5.74) is 6.72. The van der Waals surface area contributed by atoms with E-state index < -0.39 is 11.7 Å². The van der Waals surface area contributed by atoms with Crippen molar-refractivity contribution in [2.24, 2.45) is 0 Å². The molecule has 0 saturated carbocycles. The number of nitrogens with two attached hydrogens (primary N) is 1. The van der Waals surface area contributed by atoms with Crippen LogP contribution in [0.4, 0.5) is 15.9 Å². The standard InChI is InChI=1S/C16H18FN3O/c1-16(2,3)13-8-10(9-14(18)20-13)15(21)19-12-7-5-4-6-11(12)17/h4-9H,1-3H3,(H2,18,20)(H,19,21). The molecule has 0 aliphatic heterocycles. The largest absolute Gasteiger partial charge is 0.384 e. The number of nitrogen functional groups attached to an aromatic ring is 1. The summed E-state index contributed by atoms with van der Waals surface area (Å²) in [6.45, 7) is 5.94. The molecule has 1 aromatic heterocycles. The molecule has 3 N–H and O–H groups in total. The molecule has 0 spiro atoms. The second-order valence-corrected chi connectivity index (χ2v) is 5.85. The summed E-state index contributed by atoms with van der Waals surface area (Å²) < 4.78 is 13.6. The summed E-state index contributed by atoms with van der Waals surface area (Å²) in [6, 6.07) is 9.16. The number of aromatic nitrogens is 1. The number of carbonyl (C=O) groups excluding carboxylic acids is 1. The molecule has 1 aromatic carbocycles. The van der Waals surface area contributed by atoms with Crippen molar-refractivity contribution < 1.29 is 9.18 Å². The van der Waals surface area contributed by atoms with Gasteiger partial charge in [-0.1, -0.05) is 32.9 Å². The highest BCUT2D eigenvalue weighted by atomic mass is 19.1. The van der Waals surface area contributed by atoms with Gasteiger partial charge in [0.15, 0.2) is 0 Å². The lowest BCUT2D eigenvalue weighted by molar-refractivity contribution is 0.102. The van der Waals surface area contributed by atoms with Gasteiger partial charge in [-0.3, -0.25) is 4.79 Å². The van der Waals surface area contributed by atoms with E-state index in [0.29, 0.717) is 11.3 Å². The topological polar surface area (TPSA) is 68.0 Å². The Morgan fingerprint density at radius 2 is 1.90 bits per heavy atom. The third kappa shape index (κ3) is 3.56. The number of pyridine rings is 1. The quantitative estimate of drug-likeness (QED) is 0.890. The van der Waals surface area contributed by atoms with E-state index in [1.165, 1.54) is 18.2 Å². The van der Waals surface area contributed by atoms with E-state index in [1.807, 2.05) is 20.8 Å². The Labute approximate surface area is 123 Å². The molecular formula is C16H18FN3O. The molecule has 4 nitrogen and oxygen atoms in total. The van der Waals surface area contributed by atoms with E-state index in [1.54, 1.807) is 18.2 Å². The molecule has 1 amide bonds. The number of carbonyl (C=O) groups is 1. The van der Waals surface area contributed by atoms with Crippen LogP contribution in [0.15, 0.2) is 36.4 Å². The van der Waals surface area contributed by atoms with Crippen LogP contribution in [0.2, 0.25) is 0 Å². The van der Waals surface area contributed by atoms with Crippen LogP contribution in [0.25, 0.3) is 0 Å². The minimum Gasteiger partial charge on any atom is -0.384 e. The number of para-hydroxylation sites is 1. The van der Waals surface area contributed by atoms with Crippen molar-refractivity contribution in [3.05, 3.63) is 53.5 Å². The zero-order valence-electron chi connectivity index (χ0n) is 12.3. The maximum absolute atomic E-state index is 13.6. The van der Waals surface area contributed by atoms with Crippen LogP contribution < -0.4 is 11.1 Å². The van der Waals surface area contributed by atoms with Gasteiger partial charge in [0, 0.05) is 16.7 Å². The van der Waals surface area contributed by atoms with E-state index in [9.17, 15) is 9.18 Å². The summed E-state index contributed by atoms with van der Waals surface area (Å²) in [4.78, 5) is 16.5. The number of anilines is 2. The Kier molecular flexibility index (Phi) is 3.93. The van der Waals surface area contributed by atoms with Gasteiger partial charge in [-0.25, -0.2) is 9.37 Å². The fraction of sp³-hybridized carbons (Fsp3) is 0.250. The number of nitrogens with one attached hydrogen (secondary N) is 1. The Morgan fingerprint density at radius 3 is 2.52 bits per heavy atom. The molecule has 0 atom stereocenters. The third-order valence-electron chi connectivity index (χ3n) is 3.00. The fourth-order valence-electron chi connectivity index (χ4n) is 1.82. The molecule has 0 aliphatic rings. The van der Waals surface area contributed by atoms with Crippen LogP contribution in [0.3, 0.4) is 0 Å². The monoisotopic (exact) mass is 287 g/mol. The normalized spacial score (nSPS) is 11.2. The predicted octanol–water partition coefficient (Wildman–Crippen LogP) is 3.35. The summed E-state index contributed by atoms with van der Waals surface area (Å²) >= 11 is 0. The first-order valence-corrected chi connectivity index (χ1v) is 6.61. The fourth-order valence-corrected chi connectivity index (χ4v) is 1.82. The van der Waals surface area contributed by atoms with Gasteiger partial charge in [0.25, 0.3) is 5.91 Å². The smallest absolute Gasteiger partial charge is 0.255 e. The number of hydrogen-bond donors (Lipinski definition) is 2. The molecule has 2 rings (SSSR count). The average Bonchev–Trinajstić information content (AvgIpc) is 2.39. The van der Waals surface area contributed by atoms with Gasteiger partial charge in [-0.05, 0) is 24.3 Å². The Balaban J connectivity index is 2.32. The highest BCUT2D eigenvalue weighted by Crippen LogP contribution is 2.23.